The minimum atomic E-state index is -1.31. The second kappa shape index (κ2) is 11.5. The molecule has 6 N–H and O–H groups in total. The van der Waals surface area contributed by atoms with Crippen LogP contribution in [-0.4, -0.2) is 75.0 Å². The first kappa shape index (κ1) is 22.1. The van der Waals surface area contributed by atoms with Gasteiger partial charge in [0.1, 0.15) is 6.42 Å². The number of aliphatic hydroxyl groups excluding tert-OH is 3. The van der Waals surface area contributed by atoms with Gasteiger partial charge in [-0.1, -0.05) is 0 Å². The number of carboxylic acid groups (broad SMARTS) is 3. The molecule has 10 heteroatoms. The fourth-order valence-corrected chi connectivity index (χ4v) is 0.810. The highest BCUT2D eigenvalue weighted by atomic mass is 16.5. The Bertz CT molecular complexity index is 376. The maximum atomic E-state index is 10.4. The minimum absolute atomic E-state index is 0.00211. The predicted octanol–water partition coefficient (Wildman–Crippen LogP) is -1.50. The van der Waals surface area contributed by atoms with Crippen LogP contribution in [0.15, 0.2) is 11.8 Å². The molecule has 128 valence electrons. The zero-order valence-corrected chi connectivity index (χ0v) is 11.9. The summed E-state index contributed by atoms with van der Waals surface area (Å²) < 4.78 is 4.87. The fraction of sp³-hybridized carbons (Fsp3) is 0.583. The highest BCUT2D eigenvalue weighted by molar-refractivity contribution is 5.88. The number of carbonyl (C=O) groups is 3. The Morgan fingerprint density at radius 3 is 1.59 bits per heavy atom. The van der Waals surface area contributed by atoms with Gasteiger partial charge in [-0.25, -0.2) is 4.79 Å². The Morgan fingerprint density at radius 2 is 1.36 bits per heavy atom. The van der Waals surface area contributed by atoms with E-state index in [1.807, 2.05) is 0 Å². The van der Waals surface area contributed by atoms with Crippen molar-refractivity contribution >= 4 is 17.9 Å². The second-order valence-corrected chi connectivity index (χ2v) is 4.36. The summed E-state index contributed by atoms with van der Waals surface area (Å²) in [7, 11) is 0. The molecule has 0 aliphatic rings. The lowest BCUT2D eigenvalue weighted by Gasteiger charge is -2.26. The smallest absolute Gasteiger partial charge is 0.334 e. The van der Waals surface area contributed by atoms with Gasteiger partial charge >= 0.3 is 17.9 Å². The van der Waals surface area contributed by atoms with Crippen molar-refractivity contribution in [3.63, 3.8) is 0 Å². The maximum Gasteiger partial charge on any atom is 0.334 e. The average molecular weight is 324 g/mol. The zero-order chi connectivity index (χ0) is 17.8. The molecule has 0 amide bonds. The summed E-state index contributed by atoms with van der Waals surface area (Å²) in [5, 5.41) is 50.6. The standard InChI is InChI=1S/C9H16O6.C3H4O4/c1-7(8(13)14)2-15-6-9(3-10,4-11)5-12;4-2(5)1-3(6)7/h2,10-12H,3-6H2,1H3,(H,13,14);1H2,(H,4,5)(H,6,7). The third-order valence-corrected chi connectivity index (χ3v) is 2.30. The summed E-state index contributed by atoms with van der Waals surface area (Å²) in [5.74, 6) is -3.74. The molecule has 0 aromatic carbocycles. The number of aliphatic carboxylic acids is 3. The second-order valence-electron chi connectivity index (χ2n) is 4.36. The lowest BCUT2D eigenvalue weighted by atomic mass is 9.93. The van der Waals surface area contributed by atoms with Crippen LogP contribution >= 0.6 is 0 Å². The highest BCUT2D eigenvalue weighted by Gasteiger charge is 2.28. The van der Waals surface area contributed by atoms with Crippen LogP contribution in [0.5, 0.6) is 0 Å². The Morgan fingerprint density at radius 1 is 0.955 bits per heavy atom. The first-order chi connectivity index (χ1) is 10.1. The normalized spacial score (nSPS) is 11.2. The van der Waals surface area contributed by atoms with Crippen LogP contribution < -0.4 is 0 Å². The third kappa shape index (κ3) is 10.6. The average Bonchev–Trinajstić information content (AvgIpc) is 2.43. The minimum Gasteiger partial charge on any atom is -0.500 e. The first-order valence-electron chi connectivity index (χ1n) is 5.92. The van der Waals surface area contributed by atoms with Gasteiger partial charge in [-0.2, -0.15) is 0 Å². The summed E-state index contributed by atoms with van der Waals surface area (Å²) >= 11 is 0. The summed E-state index contributed by atoms with van der Waals surface area (Å²) in [6.07, 6.45) is 0.206. The molecule has 0 aromatic heterocycles. The summed E-state index contributed by atoms with van der Waals surface area (Å²) in [6.45, 7) is -0.137. The quantitative estimate of drug-likeness (QED) is 0.166. The van der Waals surface area contributed by atoms with Crippen LogP contribution in [0.2, 0.25) is 0 Å². The van der Waals surface area contributed by atoms with Gasteiger partial charge in [0.05, 0.1) is 43.7 Å². The largest absolute Gasteiger partial charge is 0.500 e. The Balaban J connectivity index is 0. The first-order valence-corrected chi connectivity index (χ1v) is 5.92. The molecule has 0 saturated heterocycles. The number of carboxylic acids is 3. The molecule has 0 radical (unpaired) electrons. The number of aliphatic hydroxyl groups is 3. The molecule has 0 bridgehead atoms. The van der Waals surface area contributed by atoms with E-state index in [0.717, 1.165) is 6.26 Å². The van der Waals surface area contributed by atoms with Crippen LogP contribution in [0.25, 0.3) is 0 Å². The predicted molar refractivity (Wildman–Crippen MR) is 70.9 cm³/mol. The Labute approximate surface area is 125 Å². The maximum absolute atomic E-state index is 10.4. The lowest BCUT2D eigenvalue weighted by Crippen LogP contribution is -2.38. The molecule has 0 spiro atoms. The molecule has 0 fully saturated rings. The molecule has 0 aromatic rings. The molecular formula is C12H20O10. The van der Waals surface area contributed by atoms with Gasteiger partial charge in [0.2, 0.25) is 0 Å². The van der Waals surface area contributed by atoms with Crippen LogP contribution in [0, 0.1) is 5.41 Å². The van der Waals surface area contributed by atoms with Gasteiger partial charge in [-0.15, -0.1) is 0 Å². The van der Waals surface area contributed by atoms with Crippen molar-refractivity contribution in [2.24, 2.45) is 5.41 Å². The summed E-state index contributed by atoms with van der Waals surface area (Å²) in [6, 6.07) is 0. The van der Waals surface area contributed by atoms with E-state index in [1.165, 1.54) is 6.92 Å². The molecule has 10 nitrogen and oxygen atoms in total. The Kier molecular flexibility index (Phi) is 11.5. The monoisotopic (exact) mass is 324 g/mol. The van der Waals surface area contributed by atoms with Gasteiger partial charge in [-0.3, -0.25) is 9.59 Å². The molecule has 0 saturated carbocycles. The van der Waals surface area contributed by atoms with Crippen molar-refractivity contribution in [3.05, 3.63) is 11.8 Å². The highest BCUT2D eigenvalue weighted by Crippen LogP contribution is 2.15. The van der Waals surface area contributed by atoms with E-state index in [0.29, 0.717) is 0 Å². The van der Waals surface area contributed by atoms with Crippen molar-refractivity contribution in [3.8, 4) is 0 Å². The van der Waals surface area contributed by atoms with Gasteiger partial charge in [-0.05, 0) is 6.92 Å². The molecule has 0 aliphatic carbocycles. The van der Waals surface area contributed by atoms with Crippen molar-refractivity contribution in [2.75, 3.05) is 26.4 Å². The van der Waals surface area contributed by atoms with E-state index in [2.05, 4.69) is 0 Å². The van der Waals surface area contributed by atoms with Crippen LogP contribution in [-0.2, 0) is 19.1 Å². The van der Waals surface area contributed by atoms with Crippen molar-refractivity contribution in [1.82, 2.24) is 0 Å². The van der Waals surface area contributed by atoms with Gasteiger partial charge < -0.3 is 35.4 Å². The lowest BCUT2D eigenvalue weighted by molar-refractivity contribution is -0.147. The fourth-order valence-electron chi connectivity index (χ4n) is 0.810. The van der Waals surface area contributed by atoms with E-state index in [-0.39, 0.29) is 12.2 Å². The summed E-state index contributed by atoms with van der Waals surface area (Å²) in [5.41, 5.74) is -1.15. The van der Waals surface area contributed by atoms with Crippen molar-refractivity contribution < 1.29 is 49.8 Å². The number of rotatable bonds is 9. The van der Waals surface area contributed by atoms with E-state index in [9.17, 15) is 14.4 Å². The summed E-state index contributed by atoms with van der Waals surface area (Å²) in [4.78, 5) is 29.2. The van der Waals surface area contributed by atoms with Crippen molar-refractivity contribution in [2.45, 2.75) is 13.3 Å². The molecule has 0 unspecified atom stereocenters. The molecular weight excluding hydrogens is 304 g/mol. The Hall–Kier alpha value is -2.17. The van der Waals surface area contributed by atoms with E-state index < -0.39 is 49.6 Å². The number of ether oxygens (including phenoxy) is 1. The van der Waals surface area contributed by atoms with Crippen LogP contribution in [0.3, 0.4) is 0 Å². The molecule has 0 atom stereocenters. The van der Waals surface area contributed by atoms with E-state index in [1.54, 1.807) is 0 Å². The van der Waals surface area contributed by atoms with Gasteiger partial charge in [0, 0.05) is 0 Å². The van der Waals surface area contributed by atoms with Gasteiger partial charge in [0.15, 0.2) is 0 Å². The zero-order valence-electron chi connectivity index (χ0n) is 11.9. The number of hydrogen-bond acceptors (Lipinski definition) is 7. The molecule has 0 aliphatic heterocycles. The SMILES string of the molecule is CC(=COCC(CO)(CO)CO)C(=O)O.O=C(O)CC(=O)O. The third-order valence-electron chi connectivity index (χ3n) is 2.30. The molecule has 22 heavy (non-hydrogen) atoms. The topological polar surface area (TPSA) is 182 Å². The van der Waals surface area contributed by atoms with Crippen LogP contribution in [0.1, 0.15) is 13.3 Å². The van der Waals surface area contributed by atoms with E-state index >= 15 is 0 Å². The molecule has 0 rings (SSSR count). The number of hydrogen-bond donors (Lipinski definition) is 6. The van der Waals surface area contributed by atoms with E-state index in [4.69, 9.17) is 35.4 Å². The van der Waals surface area contributed by atoms with Crippen molar-refractivity contribution in [1.29, 1.82) is 0 Å². The van der Waals surface area contributed by atoms with Gasteiger partial charge in [0.25, 0.3) is 0 Å². The molecule has 0 heterocycles. The van der Waals surface area contributed by atoms with Crippen LogP contribution in [0.4, 0.5) is 0 Å².